The molecule has 0 bridgehead atoms. The van der Waals surface area contributed by atoms with Crippen LogP contribution in [0.4, 0.5) is 0 Å². The fraction of sp³-hybridized carbons (Fsp3) is 0.300. The van der Waals surface area contributed by atoms with Crippen LogP contribution in [-0.2, 0) is 23.2 Å². The summed E-state index contributed by atoms with van der Waals surface area (Å²) >= 11 is 6.10. The molecule has 0 atom stereocenters. The predicted molar refractivity (Wildman–Crippen MR) is 94.9 cm³/mol. The summed E-state index contributed by atoms with van der Waals surface area (Å²) in [6.07, 6.45) is 2.43. The third-order valence-corrected chi connectivity index (χ3v) is 5.52. The van der Waals surface area contributed by atoms with Crippen molar-refractivity contribution in [1.29, 1.82) is 0 Å². The van der Waals surface area contributed by atoms with Gasteiger partial charge in [0.1, 0.15) is 0 Å². The molecule has 4 rings (SSSR count). The smallest absolute Gasteiger partial charge is 0.335 e. The lowest BCUT2D eigenvalue weighted by atomic mass is 9.91. The van der Waals surface area contributed by atoms with E-state index in [4.69, 9.17) is 11.6 Å². The normalized spacial score (nSPS) is 17.7. The second-order valence-corrected chi connectivity index (χ2v) is 7.29. The third-order valence-electron chi connectivity index (χ3n) is 5.29. The second kappa shape index (κ2) is 5.88. The molecule has 1 aliphatic carbocycles. The number of carboxylic acids is 1. The summed E-state index contributed by atoms with van der Waals surface area (Å²) in [5.74, 6) is -0.815. The summed E-state index contributed by atoms with van der Waals surface area (Å²) in [5.41, 5.74) is 2.86. The van der Waals surface area contributed by atoms with Gasteiger partial charge in [-0.15, -0.1) is 0 Å². The Bertz CT molecular complexity index is 873. The van der Waals surface area contributed by atoms with Crippen molar-refractivity contribution in [3.8, 4) is 0 Å². The SMILES string of the molecule is O=C(O)c1ccc2c(c1)CN(C(=O)C1(c3cccc(Cl)c3)CC1)CC2. The highest BCUT2D eigenvalue weighted by Gasteiger charge is 2.53. The van der Waals surface area contributed by atoms with Crippen LogP contribution in [0.2, 0.25) is 5.02 Å². The minimum atomic E-state index is -0.941. The average Bonchev–Trinajstić information content (AvgIpc) is 3.42. The fourth-order valence-corrected chi connectivity index (χ4v) is 3.89. The number of halogens is 1. The van der Waals surface area contributed by atoms with Crippen LogP contribution in [0.5, 0.6) is 0 Å². The molecule has 1 saturated carbocycles. The number of hydrogen-bond acceptors (Lipinski definition) is 2. The predicted octanol–water partition coefficient (Wildman–Crippen LogP) is 3.65. The molecule has 0 saturated heterocycles. The molecule has 0 radical (unpaired) electrons. The summed E-state index contributed by atoms with van der Waals surface area (Å²) in [7, 11) is 0. The Morgan fingerprint density at radius 1 is 1.08 bits per heavy atom. The highest BCUT2D eigenvalue weighted by atomic mass is 35.5. The number of benzene rings is 2. The molecular weight excluding hydrogens is 338 g/mol. The summed E-state index contributed by atoms with van der Waals surface area (Å²) in [4.78, 5) is 26.2. The Labute approximate surface area is 151 Å². The molecule has 25 heavy (non-hydrogen) atoms. The second-order valence-electron chi connectivity index (χ2n) is 6.86. The molecule has 2 aromatic carbocycles. The Hall–Kier alpha value is -2.33. The van der Waals surface area contributed by atoms with E-state index in [0.717, 1.165) is 36.0 Å². The highest BCUT2D eigenvalue weighted by Crippen LogP contribution is 2.50. The number of hydrogen-bond donors (Lipinski definition) is 1. The van der Waals surface area contributed by atoms with E-state index in [1.54, 1.807) is 12.1 Å². The van der Waals surface area contributed by atoms with Crippen molar-refractivity contribution in [3.05, 3.63) is 69.7 Å². The topological polar surface area (TPSA) is 57.6 Å². The summed E-state index contributed by atoms with van der Waals surface area (Å²) in [6, 6.07) is 12.7. The quantitative estimate of drug-likeness (QED) is 0.914. The number of rotatable bonds is 3. The van der Waals surface area contributed by atoms with Crippen molar-refractivity contribution in [2.24, 2.45) is 0 Å². The van der Waals surface area contributed by atoms with Crippen LogP contribution in [0.3, 0.4) is 0 Å². The zero-order valence-corrected chi connectivity index (χ0v) is 14.4. The Morgan fingerprint density at radius 2 is 1.88 bits per heavy atom. The minimum absolute atomic E-state index is 0.126. The maximum atomic E-state index is 13.2. The van der Waals surface area contributed by atoms with Gasteiger partial charge in [0.2, 0.25) is 5.91 Å². The van der Waals surface area contributed by atoms with Crippen LogP contribution in [0, 0.1) is 0 Å². The standard InChI is InChI=1S/C20H18ClNO3/c21-17-3-1-2-16(11-17)20(7-8-20)19(25)22-9-6-13-4-5-14(18(23)24)10-15(13)12-22/h1-5,10-11H,6-9,12H2,(H,23,24). The van der Waals surface area contributed by atoms with Gasteiger partial charge in [-0.1, -0.05) is 29.8 Å². The van der Waals surface area contributed by atoms with Crippen molar-refractivity contribution >= 4 is 23.5 Å². The number of carbonyl (C=O) groups is 2. The molecule has 1 fully saturated rings. The van der Waals surface area contributed by atoms with Gasteiger partial charge in [0.05, 0.1) is 11.0 Å². The molecule has 1 amide bonds. The number of nitrogens with zero attached hydrogens (tertiary/aromatic N) is 1. The minimum Gasteiger partial charge on any atom is -0.478 e. The zero-order chi connectivity index (χ0) is 17.6. The van der Waals surface area contributed by atoms with Crippen LogP contribution in [0.1, 0.15) is 39.9 Å². The summed E-state index contributed by atoms with van der Waals surface area (Å²) in [5, 5.41) is 9.83. The first-order chi connectivity index (χ1) is 12.0. The number of fused-ring (bicyclic) bond motifs is 1. The van der Waals surface area contributed by atoms with E-state index in [9.17, 15) is 14.7 Å². The molecule has 1 aliphatic heterocycles. The van der Waals surface area contributed by atoms with Crippen molar-refractivity contribution in [2.75, 3.05) is 6.54 Å². The van der Waals surface area contributed by atoms with E-state index in [1.165, 1.54) is 0 Å². The number of carboxylic acid groups (broad SMARTS) is 1. The molecule has 5 heteroatoms. The first-order valence-electron chi connectivity index (χ1n) is 8.40. The van der Waals surface area contributed by atoms with E-state index >= 15 is 0 Å². The molecule has 4 nitrogen and oxygen atoms in total. The van der Waals surface area contributed by atoms with Crippen molar-refractivity contribution in [1.82, 2.24) is 4.90 Å². The van der Waals surface area contributed by atoms with Gasteiger partial charge in [-0.3, -0.25) is 4.79 Å². The van der Waals surface area contributed by atoms with Gasteiger partial charge < -0.3 is 10.0 Å². The van der Waals surface area contributed by atoms with E-state index < -0.39 is 11.4 Å². The molecule has 0 unspecified atom stereocenters. The van der Waals surface area contributed by atoms with Crippen molar-refractivity contribution < 1.29 is 14.7 Å². The first kappa shape index (κ1) is 16.2. The first-order valence-corrected chi connectivity index (χ1v) is 8.78. The Kier molecular flexibility index (Phi) is 3.80. The van der Waals surface area contributed by atoms with Crippen LogP contribution in [0.15, 0.2) is 42.5 Å². The van der Waals surface area contributed by atoms with E-state index in [-0.39, 0.29) is 11.5 Å². The number of carbonyl (C=O) groups excluding carboxylic acids is 1. The molecule has 1 heterocycles. The lowest BCUT2D eigenvalue weighted by molar-refractivity contribution is -0.134. The number of aromatic carboxylic acids is 1. The van der Waals surface area contributed by atoms with Crippen molar-refractivity contribution in [3.63, 3.8) is 0 Å². The maximum absolute atomic E-state index is 13.2. The van der Waals surface area contributed by atoms with E-state index in [0.29, 0.717) is 18.1 Å². The molecule has 1 N–H and O–H groups in total. The van der Waals surface area contributed by atoms with Crippen LogP contribution in [0.25, 0.3) is 0 Å². The van der Waals surface area contributed by atoms with Gasteiger partial charge >= 0.3 is 5.97 Å². The van der Waals surface area contributed by atoms with E-state index in [1.807, 2.05) is 35.2 Å². The molecule has 2 aromatic rings. The van der Waals surface area contributed by atoms with Crippen LogP contribution < -0.4 is 0 Å². The fourth-order valence-electron chi connectivity index (χ4n) is 3.70. The lowest BCUT2D eigenvalue weighted by Gasteiger charge is -2.32. The van der Waals surface area contributed by atoms with Gasteiger partial charge in [0, 0.05) is 18.1 Å². The Balaban J connectivity index is 1.60. The van der Waals surface area contributed by atoms with Crippen LogP contribution in [-0.4, -0.2) is 28.4 Å². The summed E-state index contributed by atoms with van der Waals surface area (Å²) < 4.78 is 0. The van der Waals surface area contributed by atoms with Crippen molar-refractivity contribution in [2.45, 2.75) is 31.2 Å². The monoisotopic (exact) mass is 355 g/mol. The molecular formula is C20H18ClNO3. The molecule has 2 aliphatic rings. The summed E-state index contributed by atoms with van der Waals surface area (Å²) in [6.45, 7) is 1.14. The third kappa shape index (κ3) is 2.81. The van der Waals surface area contributed by atoms with E-state index in [2.05, 4.69) is 0 Å². The average molecular weight is 356 g/mol. The van der Waals surface area contributed by atoms with Gasteiger partial charge in [0.25, 0.3) is 0 Å². The molecule has 0 spiro atoms. The van der Waals surface area contributed by atoms with Gasteiger partial charge in [-0.25, -0.2) is 4.79 Å². The number of amides is 1. The largest absolute Gasteiger partial charge is 0.478 e. The Morgan fingerprint density at radius 3 is 2.56 bits per heavy atom. The van der Waals surface area contributed by atoms with Gasteiger partial charge in [-0.05, 0) is 60.2 Å². The maximum Gasteiger partial charge on any atom is 0.335 e. The highest BCUT2D eigenvalue weighted by molar-refractivity contribution is 6.30. The molecule has 0 aromatic heterocycles. The van der Waals surface area contributed by atoms with Crippen LogP contribution >= 0.6 is 11.6 Å². The molecule has 128 valence electrons. The zero-order valence-electron chi connectivity index (χ0n) is 13.7. The van der Waals surface area contributed by atoms with Gasteiger partial charge in [0.15, 0.2) is 0 Å². The van der Waals surface area contributed by atoms with Gasteiger partial charge in [-0.2, -0.15) is 0 Å². The lowest BCUT2D eigenvalue weighted by Crippen LogP contribution is -2.42.